The second-order valence-corrected chi connectivity index (χ2v) is 9.02. The van der Waals surface area contributed by atoms with E-state index in [0.29, 0.717) is 6.54 Å². The standard InChI is InChI=1S/C29H31N3O/c33-29(30-20-23-9-3-1-4-10-23)25-15-17-31(18-16-25)22-27-19-26-13-7-8-14-28(26)32(27)21-24-11-5-2-6-12-24/h1-14,19,25H,15-18,20-22H2,(H,30,33). The van der Waals surface area contributed by atoms with Crippen molar-refractivity contribution in [3.63, 3.8) is 0 Å². The minimum Gasteiger partial charge on any atom is -0.352 e. The van der Waals surface area contributed by atoms with Gasteiger partial charge in [0.2, 0.25) is 5.91 Å². The van der Waals surface area contributed by atoms with Crippen molar-refractivity contribution in [2.45, 2.75) is 32.5 Å². The molecule has 1 aliphatic rings. The third-order valence-corrected chi connectivity index (χ3v) is 6.73. The van der Waals surface area contributed by atoms with E-state index in [1.54, 1.807) is 0 Å². The van der Waals surface area contributed by atoms with E-state index in [1.165, 1.54) is 22.2 Å². The van der Waals surface area contributed by atoms with E-state index < -0.39 is 0 Å². The van der Waals surface area contributed by atoms with Crippen LogP contribution >= 0.6 is 0 Å². The van der Waals surface area contributed by atoms with E-state index in [9.17, 15) is 4.79 Å². The van der Waals surface area contributed by atoms with E-state index in [4.69, 9.17) is 0 Å². The first-order valence-electron chi connectivity index (χ1n) is 11.9. The summed E-state index contributed by atoms with van der Waals surface area (Å²) in [5, 5.41) is 4.42. The van der Waals surface area contributed by atoms with Crippen molar-refractivity contribution in [1.82, 2.24) is 14.8 Å². The number of hydrogen-bond donors (Lipinski definition) is 1. The van der Waals surface area contributed by atoms with Gasteiger partial charge in [-0.3, -0.25) is 9.69 Å². The van der Waals surface area contributed by atoms with Gasteiger partial charge in [0.1, 0.15) is 0 Å². The summed E-state index contributed by atoms with van der Waals surface area (Å²) in [6.45, 7) is 4.31. The van der Waals surface area contributed by atoms with Gasteiger partial charge in [0.15, 0.2) is 0 Å². The summed E-state index contributed by atoms with van der Waals surface area (Å²) in [6, 6.07) is 31.8. The summed E-state index contributed by atoms with van der Waals surface area (Å²) in [6.07, 6.45) is 1.83. The molecule has 0 radical (unpaired) electrons. The lowest BCUT2D eigenvalue weighted by Gasteiger charge is -2.31. The van der Waals surface area contributed by atoms with Crippen LogP contribution in [0.1, 0.15) is 29.7 Å². The van der Waals surface area contributed by atoms with E-state index in [2.05, 4.69) is 87.6 Å². The average molecular weight is 438 g/mol. The van der Waals surface area contributed by atoms with Crippen LogP contribution in [0.2, 0.25) is 0 Å². The lowest BCUT2D eigenvalue weighted by molar-refractivity contribution is -0.126. The summed E-state index contributed by atoms with van der Waals surface area (Å²) in [5.74, 6) is 0.303. The van der Waals surface area contributed by atoms with Gasteiger partial charge in [-0.05, 0) is 54.6 Å². The lowest BCUT2D eigenvalue weighted by atomic mass is 9.95. The molecule has 4 heteroatoms. The Kier molecular flexibility index (Phi) is 6.54. The number of nitrogens with zero attached hydrogens (tertiary/aromatic N) is 2. The molecule has 2 heterocycles. The first-order chi connectivity index (χ1) is 16.3. The molecule has 0 atom stereocenters. The highest BCUT2D eigenvalue weighted by molar-refractivity contribution is 5.81. The normalized spacial score (nSPS) is 15.0. The third kappa shape index (κ3) is 5.18. The monoisotopic (exact) mass is 437 g/mol. The van der Waals surface area contributed by atoms with Crippen LogP contribution in [0.3, 0.4) is 0 Å². The maximum atomic E-state index is 12.7. The Morgan fingerprint density at radius 3 is 2.15 bits per heavy atom. The maximum Gasteiger partial charge on any atom is 0.223 e. The van der Waals surface area contributed by atoms with Gasteiger partial charge in [0, 0.05) is 36.8 Å². The Labute approximate surface area is 195 Å². The van der Waals surface area contributed by atoms with E-state index >= 15 is 0 Å². The largest absolute Gasteiger partial charge is 0.352 e. The van der Waals surface area contributed by atoms with Crippen LogP contribution in [0, 0.1) is 5.92 Å². The number of piperidine rings is 1. The van der Waals surface area contributed by atoms with Crippen molar-refractivity contribution in [2.75, 3.05) is 13.1 Å². The summed E-state index contributed by atoms with van der Waals surface area (Å²) < 4.78 is 2.45. The van der Waals surface area contributed by atoms with Crippen molar-refractivity contribution in [3.8, 4) is 0 Å². The van der Waals surface area contributed by atoms with Crippen LogP contribution in [0.25, 0.3) is 10.9 Å². The van der Waals surface area contributed by atoms with Gasteiger partial charge in [0.25, 0.3) is 0 Å². The van der Waals surface area contributed by atoms with E-state index in [-0.39, 0.29) is 11.8 Å². The van der Waals surface area contributed by atoms with Crippen LogP contribution < -0.4 is 5.32 Å². The predicted molar refractivity (Wildman–Crippen MR) is 134 cm³/mol. The fraction of sp³-hybridized carbons (Fsp3) is 0.276. The first kappa shape index (κ1) is 21.5. The minimum absolute atomic E-state index is 0.111. The molecule has 1 fully saturated rings. The lowest BCUT2D eigenvalue weighted by Crippen LogP contribution is -2.40. The summed E-state index contributed by atoms with van der Waals surface area (Å²) in [5.41, 5.74) is 5.09. The van der Waals surface area contributed by atoms with Crippen LogP contribution in [0.4, 0.5) is 0 Å². The number of amides is 1. The van der Waals surface area contributed by atoms with Gasteiger partial charge in [0.05, 0.1) is 0 Å². The zero-order chi connectivity index (χ0) is 22.5. The fourth-order valence-electron chi connectivity index (χ4n) is 4.86. The number of fused-ring (bicyclic) bond motifs is 1. The Morgan fingerprint density at radius 1 is 0.788 bits per heavy atom. The SMILES string of the molecule is O=C(NCc1ccccc1)C1CCN(Cc2cc3ccccc3n2Cc2ccccc2)CC1. The van der Waals surface area contributed by atoms with Crippen LogP contribution in [0.5, 0.6) is 0 Å². The van der Waals surface area contributed by atoms with Crippen molar-refractivity contribution in [1.29, 1.82) is 0 Å². The number of benzene rings is 3. The van der Waals surface area contributed by atoms with Crippen LogP contribution in [0.15, 0.2) is 91.0 Å². The highest BCUT2D eigenvalue weighted by Gasteiger charge is 2.25. The quantitative estimate of drug-likeness (QED) is 0.431. The Hall–Kier alpha value is -3.37. The summed E-state index contributed by atoms with van der Waals surface area (Å²) >= 11 is 0. The minimum atomic E-state index is 0.111. The van der Waals surface area contributed by atoms with Gasteiger partial charge >= 0.3 is 0 Å². The van der Waals surface area contributed by atoms with Crippen molar-refractivity contribution >= 4 is 16.8 Å². The Bertz CT molecular complexity index is 1190. The highest BCUT2D eigenvalue weighted by atomic mass is 16.1. The van der Waals surface area contributed by atoms with Gasteiger partial charge in [-0.25, -0.2) is 0 Å². The van der Waals surface area contributed by atoms with Gasteiger partial charge in [-0.1, -0.05) is 78.9 Å². The van der Waals surface area contributed by atoms with Gasteiger partial charge in [-0.15, -0.1) is 0 Å². The topological polar surface area (TPSA) is 37.3 Å². The molecule has 4 aromatic rings. The molecular weight excluding hydrogens is 406 g/mol. The predicted octanol–water partition coefficient (Wildman–Crippen LogP) is 5.22. The molecule has 0 unspecified atom stereocenters. The molecule has 1 aliphatic heterocycles. The van der Waals surface area contributed by atoms with Crippen molar-refractivity contribution in [3.05, 3.63) is 108 Å². The second kappa shape index (κ2) is 10.1. The van der Waals surface area contributed by atoms with Crippen molar-refractivity contribution in [2.24, 2.45) is 5.92 Å². The third-order valence-electron chi connectivity index (χ3n) is 6.73. The average Bonchev–Trinajstić information content (AvgIpc) is 3.21. The number of rotatable bonds is 7. The number of aromatic nitrogens is 1. The highest BCUT2D eigenvalue weighted by Crippen LogP contribution is 2.25. The maximum absolute atomic E-state index is 12.7. The van der Waals surface area contributed by atoms with Crippen LogP contribution in [-0.4, -0.2) is 28.5 Å². The molecule has 33 heavy (non-hydrogen) atoms. The Morgan fingerprint density at radius 2 is 1.42 bits per heavy atom. The number of carbonyl (C=O) groups excluding carboxylic acids is 1. The molecule has 0 bridgehead atoms. The molecule has 1 aromatic heterocycles. The molecule has 168 valence electrons. The molecular formula is C29H31N3O. The van der Waals surface area contributed by atoms with Gasteiger partial charge < -0.3 is 9.88 Å². The van der Waals surface area contributed by atoms with Crippen LogP contribution in [-0.2, 0) is 24.4 Å². The summed E-state index contributed by atoms with van der Waals surface area (Å²) in [4.78, 5) is 15.2. The molecule has 4 nitrogen and oxygen atoms in total. The zero-order valence-electron chi connectivity index (χ0n) is 19.0. The van der Waals surface area contributed by atoms with E-state index in [1.807, 2.05) is 18.2 Å². The summed E-state index contributed by atoms with van der Waals surface area (Å²) in [7, 11) is 0. The number of para-hydroxylation sites is 1. The molecule has 1 saturated heterocycles. The molecule has 0 saturated carbocycles. The number of hydrogen-bond acceptors (Lipinski definition) is 2. The molecule has 0 aliphatic carbocycles. The number of carbonyl (C=O) groups is 1. The number of likely N-dealkylation sites (tertiary alicyclic amines) is 1. The molecule has 1 amide bonds. The zero-order valence-corrected chi connectivity index (χ0v) is 19.0. The smallest absolute Gasteiger partial charge is 0.223 e. The van der Waals surface area contributed by atoms with E-state index in [0.717, 1.165) is 44.6 Å². The number of nitrogens with one attached hydrogen (secondary N) is 1. The molecule has 3 aromatic carbocycles. The molecule has 5 rings (SSSR count). The van der Waals surface area contributed by atoms with Crippen molar-refractivity contribution < 1.29 is 4.79 Å². The first-order valence-corrected chi connectivity index (χ1v) is 11.9. The fourth-order valence-corrected chi connectivity index (χ4v) is 4.86. The van der Waals surface area contributed by atoms with Gasteiger partial charge in [-0.2, -0.15) is 0 Å². The molecule has 1 N–H and O–H groups in total. The molecule has 0 spiro atoms. The second-order valence-electron chi connectivity index (χ2n) is 9.02. The Balaban J connectivity index is 1.22.